The van der Waals surface area contributed by atoms with Crippen molar-refractivity contribution in [2.24, 2.45) is 0 Å². The first kappa shape index (κ1) is 24.2. The van der Waals surface area contributed by atoms with Crippen LogP contribution in [0.15, 0.2) is 42.5 Å². The van der Waals surface area contributed by atoms with Crippen molar-refractivity contribution >= 4 is 11.8 Å². The number of benzene rings is 2. The van der Waals surface area contributed by atoms with Gasteiger partial charge in [0.25, 0.3) is 11.8 Å². The lowest BCUT2D eigenvalue weighted by Crippen LogP contribution is -2.51. The van der Waals surface area contributed by atoms with Crippen molar-refractivity contribution in [3.05, 3.63) is 65.2 Å². The van der Waals surface area contributed by atoms with Crippen LogP contribution in [0.4, 0.5) is 8.78 Å². The van der Waals surface area contributed by atoms with Gasteiger partial charge in [0, 0.05) is 31.3 Å². The smallest absolute Gasteiger partial charge is 0.257 e. The summed E-state index contributed by atoms with van der Waals surface area (Å²) < 4.78 is 34.2. The zero-order valence-electron chi connectivity index (χ0n) is 19.6. The van der Waals surface area contributed by atoms with Gasteiger partial charge >= 0.3 is 0 Å². The van der Waals surface area contributed by atoms with Crippen molar-refractivity contribution in [2.75, 3.05) is 19.6 Å². The molecule has 0 spiro atoms. The average Bonchev–Trinajstić information content (AvgIpc) is 2.84. The highest BCUT2D eigenvalue weighted by Gasteiger charge is 2.36. The number of hydrogen-bond acceptors (Lipinski definition) is 3. The molecule has 2 amide bonds. The first-order valence-electron chi connectivity index (χ1n) is 12.3. The SMILES string of the molecule is CCN1CCCCCN(C(=O)c2cc(F)cc(F)c2)[C@@H]2CCCC[C@@H]2Oc2ccccc2C1=O. The fraction of sp³-hybridized carbons (Fsp3) is 0.481. The van der Waals surface area contributed by atoms with Crippen molar-refractivity contribution in [3.63, 3.8) is 0 Å². The standard InChI is InChI=1S/C27H32F2N2O3/c1-2-30-14-8-3-9-15-31(26(32)19-16-20(28)18-21(29)17-19)23-11-5-7-13-25(23)34-24-12-6-4-10-22(24)27(30)33/h4,6,10,12,16-18,23,25H,2-3,5,7-9,11,13-15H2,1H3/t23-,25+/m1/s1. The van der Waals surface area contributed by atoms with Crippen LogP contribution in [-0.4, -0.2) is 53.4 Å². The molecular formula is C27H32F2N2O3. The first-order chi connectivity index (χ1) is 16.5. The van der Waals surface area contributed by atoms with Crippen LogP contribution < -0.4 is 4.74 Å². The predicted molar refractivity (Wildman–Crippen MR) is 126 cm³/mol. The molecule has 0 N–H and O–H groups in total. The largest absolute Gasteiger partial charge is 0.487 e. The molecule has 0 aromatic heterocycles. The van der Waals surface area contributed by atoms with Gasteiger partial charge in [-0.15, -0.1) is 0 Å². The van der Waals surface area contributed by atoms with Gasteiger partial charge in [-0.3, -0.25) is 9.59 Å². The summed E-state index contributed by atoms with van der Waals surface area (Å²) in [5.74, 6) is -1.44. The summed E-state index contributed by atoms with van der Waals surface area (Å²) in [4.78, 5) is 30.4. The maximum Gasteiger partial charge on any atom is 0.257 e. The molecule has 1 saturated carbocycles. The Bertz CT molecular complexity index is 1010. The van der Waals surface area contributed by atoms with Gasteiger partial charge in [0.05, 0.1) is 11.6 Å². The summed E-state index contributed by atoms with van der Waals surface area (Å²) >= 11 is 0. The van der Waals surface area contributed by atoms with E-state index in [1.165, 1.54) is 0 Å². The summed E-state index contributed by atoms with van der Waals surface area (Å²) in [6, 6.07) is 10.00. The van der Waals surface area contributed by atoms with Gasteiger partial charge in [0.15, 0.2) is 0 Å². The maximum absolute atomic E-state index is 13.9. The molecule has 2 aromatic rings. The number of amides is 2. The second-order valence-electron chi connectivity index (χ2n) is 9.11. The Morgan fingerprint density at radius 3 is 2.44 bits per heavy atom. The molecule has 0 saturated heterocycles. The molecule has 1 aliphatic heterocycles. The summed E-state index contributed by atoms with van der Waals surface area (Å²) in [5, 5.41) is 0. The van der Waals surface area contributed by atoms with Crippen molar-refractivity contribution in [1.29, 1.82) is 0 Å². The summed E-state index contributed by atoms with van der Waals surface area (Å²) in [7, 11) is 0. The Hall–Kier alpha value is -2.96. The van der Waals surface area contributed by atoms with Gasteiger partial charge in [-0.2, -0.15) is 0 Å². The Morgan fingerprint density at radius 1 is 0.971 bits per heavy atom. The summed E-state index contributed by atoms with van der Waals surface area (Å²) in [6.07, 6.45) is 5.47. The van der Waals surface area contributed by atoms with Gasteiger partial charge in [-0.1, -0.05) is 18.6 Å². The van der Waals surface area contributed by atoms with E-state index < -0.39 is 11.6 Å². The molecule has 4 rings (SSSR count). The Balaban J connectivity index is 1.70. The number of halogens is 2. The monoisotopic (exact) mass is 470 g/mol. The number of carbonyl (C=O) groups is 2. The predicted octanol–water partition coefficient (Wildman–Crippen LogP) is 5.44. The van der Waals surface area contributed by atoms with Crippen molar-refractivity contribution in [2.45, 2.75) is 64.0 Å². The summed E-state index contributed by atoms with van der Waals surface area (Å²) in [6.45, 7) is 3.67. The lowest BCUT2D eigenvalue weighted by atomic mass is 9.90. The van der Waals surface area contributed by atoms with E-state index in [0.29, 0.717) is 30.9 Å². The van der Waals surface area contributed by atoms with Crippen molar-refractivity contribution in [3.8, 4) is 5.75 Å². The molecular weight excluding hydrogens is 438 g/mol. The second-order valence-corrected chi connectivity index (χ2v) is 9.11. The van der Waals surface area contributed by atoms with Crippen LogP contribution in [0.2, 0.25) is 0 Å². The van der Waals surface area contributed by atoms with Gasteiger partial charge in [-0.05, 0) is 69.7 Å². The molecule has 0 bridgehead atoms. The second kappa shape index (κ2) is 11.0. The molecule has 7 heteroatoms. The summed E-state index contributed by atoms with van der Waals surface area (Å²) in [5.41, 5.74) is 0.539. The molecule has 1 aliphatic carbocycles. The van der Waals surface area contributed by atoms with Crippen molar-refractivity contribution in [1.82, 2.24) is 9.80 Å². The zero-order valence-corrected chi connectivity index (χ0v) is 19.6. The van der Waals surface area contributed by atoms with E-state index in [1.807, 2.05) is 24.0 Å². The lowest BCUT2D eigenvalue weighted by molar-refractivity contribution is 0.0272. The quantitative estimate of drug-likeness (QED) is 0.587. The Kier molecular flexibility index (Phi) is 7.80. The number of fused-ring (bicyclic) bond motifs is 2. The Labute approximate surface area is 199 Å². The number of para-hydroxylation sites is 1. The van der Waals surface area contributed by atoms with Gasteiger partial charge in [0.2, 0.25) is 0 Å². The molecule has 2 aromatic carbocycles. The van der Waals surface area contributed by atoms with Gasteiger partial charge in [-0.25, -0.2) is 8.78 Å². The maximum atomic E-state index is 13.9. The van der Waals surface area contributed by atoms with E-state index >= 15 is 0 Å². The molecule has 5 nitrogen and oxygen atoms in total. The number of nitrogens with zero attached hydrogens (tertiary/aromatic N) is 2. The first-order valence-corrected chi connectivity index (χ1v) is 12.3. The minimum Gasteiger partial charge on any atom is -0.487 e. The fourth-order valence-electron chi connectivity index (χ4n) is 5.08. The van der Waals surface area contributed by atoms with E-state index in [1.54, 1.807) is 17.0 Å². The molecule has 182 valence electrons. The van der Waals surface area contributed by atoms with Crippen LogP contribution in [0.3, 0.4) is 0 Å². The van der Waals surface area contributed by atoms with Gasteiger partial charge in [0.1, 0.15) is 23.5 Å². The zero-order chi connectivity index (χ0) is 24.1. The molecule has 0 unspecified atom stereocenters. The number of rotatable bonds is 2. The lowest BCUT2D eigenvalue weighted by Gasteiger charge is -2.40. The van der Waals surface area contributed by atoms with Crippen LogP contribution in [0, 0.1) is 11.6 Å². The third-order valence-corrected chi connectivity index (χ3v) is 6.83. The normalized spacial score (nSPS) is 21.9. The average molecular weight is 471 g/mol. The highest BCUT2D eigenvalue weighted by Crippen LogP contribution is 2.31. The number of hydrogen-bond donors (Lipinski definition) is 0. The van der Waals surface area contributed by atoms with Crippen molar-refractivity contribution < 1.29 is 23.1 Å². The van der Waals surface area contributed by atoms with Crippen LogP contribution in [0.5, 0.6) is 5.75 Å². The van der Waals surface area contributed by atoms with Crippen LogP contribution in [-0.2, 0) is 0 Å². The molecule has 1 fully saturated rings. The molecule has 34 heavy (non-hydrogen) atoms. The number of ether oxygens (including phenoxy) is 1. The number of carbonyl (C=O) groups excluding carboxylic acids is 2. The van der Waals surface area contributed by atoms with Crippen LogP contribution in [0.1, 0.15) is 72.6 Å². The fourth-order valence-corrected chi connectivity index (χ4v) is 5.08. The molecule has 2 aliphatic rings. The van der Waals surface area contributed by atoms with E-state index in [0.717, 1.165) is 63.1 Å². The molecule has 2 atom stereocenters. The van der Waals surface area contributed by atoms with E-state index in [4.69, 9.17) is 4.74 Å². The van der Waals surface area contributed by atoms with Gasteiger partial charge < -0.3 is 14.5 Å². The van der Waals surface area contributed by atoms with Crippen LogP contribution >= 0.6 is 0 Å². The topological polar surface area (TPSA) is 49.9 Å². The molecule has 1 heterocycles. The van der Waals surface area contributed by atoms with Crippen LogP contribution in [0.25, 0.3) is 0 Å². The highest BCUT2D eigenvalue weighted by atomic mass is 19.1. The minimum absolute atomic E-state index is 0.0128. The highest BCUT2D eigenvalue weighted by molar-refractivity contribution is 5.97. The minimum atomic E-state index is -0.766. The van der Waals surface area contributed by atoms with E-state index in [9.17, 15) is 18.4 Å². The Morgan fingerprint density at radius 2 is 1.68 bits per heavy atom. The van der Waals surface area contributed by atoms with E-state index in [2.05, 4.69) is 0 Å². The third-order valence-electron chi connectivity index (χ3n) is 6.83. The third kappa shape index (κ3) is 5.40. The molecule has 0 radical (unpaired) electrons. The van der Waals surface area contributed by atoms with E-state index in [-0.39, 0.29) is 29.5 Å².